The lowest BCUT2D eigenvalue weighted by Crippen LogP contribution is -2.31. The van der Waals surface area contributed by atoms with Gasteiger partial charge in [-0.2, -0.15) is 0 Å². The second kappa shape index (κ2) is 5.12. The molecule has 0 fully saturated rings. The van der Waals surface area contributed by atoms with Crippen LogP contribution in [0.2, 0.25) is 0 Å². The highest BCUT2D eigenvalue weighted by molar-refractivity contribution is 5.56. The van der Waals surface area contributed by atoms with Crippen LogP contribution in [0.25, 0.3) is 0 Å². The fourth-order valence-electron chi connectivity index (χ4n) is 1.25. The van der Waals surface area contributed by atoms with E-state index in [2.05, 4.69) is 0 Å². The van der Waals surface area contributed by atoms with Crippen molar-refractivity contribution in [1.82, 2.24) is 0 Å². The van der Waals surface area contributed by atoms with Gasteiger partial charge in [0.15, 0.2) is 12.8 Å². The van der Waals surface area contributed by atoms with Crippen LogP contribution in [0, 0.1) is 11.1 Å². The molecular weight excluding hydrogens is 202 g/mol. The Morgan fingerprint density at radius 3 is 2.44 bits per heavy atom. The van der Waals surface area contributed by atoms with Crippen molar-refractivity contribution in [1.29, 1.82) is 0 Å². The van der Waals surface area contributed by atoms with Crippen molar-refractivity contribution >= 4 is 6.21 Å². The molecule has 0 saturated carbocycles. The van der Waals surface area contributed by atoms with E-state index in [1.807, 2.05) is 37.3 Å². The Morgan fingerprint density at radius 2 is 1.94 bits per heavy atom. The zero-order chi connectivity index (χ0) is 12.2. The Kier molecular flexibility index (Phi) is 4.07. The molecule has 1 aromatic carbocycles. The predicted octanol–water partition coefficient (Wildman–Crippen LogP) is 2.17. The lowest BCUT2D eigenvalue weighted by Gasteiger charge is -2.21. The molecule has 0 saturated heterocycles. The first-order valence-electron chi connectivity index (χ1n) is 5.44. The summed E-state index contributed by atoms with van der Waals surface area (Å²) in [5.41, 5.74) is 0.107. The molecule has 0 heterocycles. The second-order valence-electron chi connectivity index (χ2n) is 4.65. The van der Waals surface area contributed by atoms with Crippen molar-refractivity contribution in [3.8, 4) is 0 Å². The minimum atomic E-state index is -0.862. The van der Waals surface area contributed by atoms with Crippen LogP contribution in [0.1, 0.15) is 26.3 Å². The summed E-state index contributed by atoms with van der Waals surface area (Å²) in [6, 6.07) is 9.55. The van der Waals surface area contributed by atoms with E-state index in [1.54, 1.807) is 13.8 Å². The number of rotatable bonds is 4. The zero-order valence-electron chi connectivity index (χ0n) is 10.1. The zero-order valence-corrected chi connectivity index (χ0v) is 10.1. The average molecular weight is 221 g/mol. The molecule has 3 nitrogen and oxygen atoms in total. The summed E-state index contributed by atoms with van der Waals surface area (Å²) >= 11 is 0. The number of hydrogen-bond donors (Lipinski definition) is 1. The highest BCUT2D eigenvalue weighted by Crippen LogP contribution is 2.13. The van der Waals surface area contributed by atoms with Crippen molar-refractivity contribution < 1.29 is 9.85 Å². The molecule has 0 radical (unpaired) electrons. The van der Waals surface area contributed by atoms with Gasteiger partial charge in [0, 0.05) is 5.56 Å². The van der Waals surface area contributed by atoms with Gasteiger partial charge in [-0.1, -0.05) is 37.3 Å². The van der Waals surface area contributed by atoms with Crippen LogP contribution in [0.4, 0.5) is 0 Å². The largest absolute Gasteiger partial charge is 0.624 e. The summed E-state index contributed by atoms with van der Waals surface area (Å²) in [4.78, 5) is 0. The highest BCUT2D eigenvalue weighted by atomic mass is 16.5. The monoisotopic (exact) mass is 221 g/mol. The molecule has 88 valence electrons. The first-order chi connectivity index (χ1) is 7.39. The maximum absolute atomic E-state index is 11.6. The van der Waals surface area contributed by atoms with E-state index in [1.165, 1.54) is 6.21 Å². The lowest BCUT2D eigenvalue weighted by atomic mass is 9.94. The van der Waals surface area contributed by atoms with Crippen molar-refractivity contribution in [2.24, 2.45) is 5.92 Å². The minimum absolute atomic E-state index is 0.172. The van der Waals surface area contributed by atoms with Crippen LogP contribution in [0.15, 0.2) is 30.3 Å². The van der Waals surface area contributed by atoms with Crippen molar-refractivity contribution in [2.45, 2.75) is 32.9 Å². The number of hydroxylamine groups is 1. The molecule has 0 spiro atoms. The number of benzene rings is 1. The van der Waals surface area contributed by atoms with Crippen LogP contribution < -0.4 is 0 Å². The fraction of sp³-hybridized carbons (Fsp3) is 0.462. The van der Waals surface area contributed by atoms with E-state index < -0.39 is 5.60 Å². The summed E-state index contributed by atoms with van der Waals surface area (Å²) in [5, 5.41) is 21.3. The van der Waals surface area contributed by atoms with E-state index >= 15 is 0 Å². The molecule has 0 aliphatic heterocycles. The molecule has 16 heavy (non-hydrogen) atoms. The first-order valence-corrected chi connectivity index (χ1v) is 5.44. The summed E-state index contributed by atoms with van der Waals surface area (Å²) in [6.45, 7) is 5.55. The van der Waals surface area contributed by atoms with Crippen LogP contribution in [-0.2, 0) is 6.54 Å². The smallest absolute Gasteiger partial charge is 0.178 e. The van der Waals surface area contributed by atoms with Gasteiger partial charge >= 0.3 is 0 Å². The molecule has 1 N–H and O–H groups in total. The molecule has 0 amide bonds. The van der Waals surface area contributed by atoms with Gasteiger partial charge < -0.3 is 10.3 Å². The molecular formula is C13H19NO2. The van der Waals surface area contributed by atoms with Crippen LogP contribution >= 0.6 is 0 Å². The predicted molar refractivity (Wildman–Crippen MR) is 65.3 cm³/mol. The van der Waals surface area contributed by atoms with Crippen molar-refractivity contribution in [3.63, 3.8) is 0 Å². The number of aliphatic hydroxyl groups is 1. The van der Waals surface area contributed by atoms with Gasteiger partial charge in [0.1, 0.15) is 0 Å². The third-order valence-corrected chi connectivity index (χ3v) is 2.69. The van der Waals surface area contributed by atoms with Gasteiger partial charge in [0.25, 0.3) is 0 Å². The van der Waals surface area contributed by atoms with Gasteiger partial charge in [-0.25, -0.2) is 4.74 Å². The van der Waals surface area contributed by atoms with Gasteiger partial charge in [0.05, 0.1) is 11.5 Å². The Labute approximate surface area is 96.6 Å². The summed E-state index contributed by atoms with van der Waals surface area (Å²) in [6.07, 6.45) is 1.52. The SMILES string of the molecule is CC(/C=[N+](\[O-])Cc1ccccc1)C(C)(C)O. The number of hydrogen-bond acceptors (Lipinski definition) is 2. The molecule has 1 atom stereocenters. The van der Waals surface area contributed by atoms with Gasteiger partial charge in [0.2, 0.25) is 0 Å². The summed E-state index contributed by atoms with van der Waals surface area (Å²) < 4.78 is 0.873. The Morgan fingerprint density at radius 1 is 1.38 bits per heavy atom. The van der Waals surface area contributed by atoms with E-state index in [4.69, 9.17) is 0 Å². The van der Waals surface area contributed by atoms with Crippen LogP contribution in [0.5, 0.6) is 0 Å². The molecule has 0 aromatic heterocycles. The van der Waals surface area contributed by atoms with E-state index in [0.717, 1.165) is 10.3 Å². The maximum Gasteiger partial charge on any atom is 0.178 e. The molecule has 1 unspecified atom stereocenters. The quantitative estimate of drug-likeness (QED) is 0.366. The van der Waals surface area contributed by atoms with Gasteiger partial charge in [-0.05, 0) is 13.8 Å². The topological polar surface area (TPSA) is 46.3 Å². The molecule has 0 aliphatic rings. The van der Waals surface area contributed by atoms with Crippen LogP contribution in [-0.4, -0.2) is 21.7 Å². The normalized spacial score (nSPS) is 14.9. The van der Waals surface area contributed by atoms with Gasteiger partial charge in [-0.3, -0.25) is 0 Å². The highest BCUT2D eigenvalue weighted by Gasteiger charge is 2.23. The summed E-state index contributed by atoms with van der Waals surface area (Å²) in [7, 11) is 0. The standard InChI is InChI=1S/C13H19NO2/c1-11(13(2,3)15)9-14(16)10-12-7-5-4-6-8-12/h4-9,11,15H,10H2,1-3H3/b14-9-. The third kappa shape index (κ3) is 4.03. The van der Waals surface area contributed by atoms with E-state index in [-0.39, 0.29) is 5.92 Å². The third-order valence-electron chi connectivity index (χ3n) is 2.69. The molecule has 0 aliphatic carbocycles. The number of nitrogens with zero attached hydrogens (tertiary/aromatic N) is 1. The van der Waals surface area contributed by atoms with Crippen LogP contribution in [0.3, 0.4) is 0 Å². The second-order valence-corrected chi connectivity index (χ2v) is 4.65. The van der Waals surface area contributed by atoms with Crippen molar-refractivity contribution in [3.05, 3.63) is 41.1 Å². The molecule has 0 bridgehead atoms. The van der Waals surface area contributed by atoms with E-state index in [9.17, 15) is 10.3 Å². The maximum atomic E-state index is 11.6. The Balaban J connectivity index is 2.66. The molecule has 1 aromatic rings. The van der Waals surface area contributed by atoms with E-state index in [0.29, 0.717) is 6.54 Å². The van der Waals surface area contributed by atoms with Gasteiger partial charge in [-0.15, -0.1) is 0 Å². The fourth-order valence-corrected chi connectivity index (χ4v) is 1.25. The molecule has 1 rings (SSSR count). The Bertz CT molecular complexity index is 352. The minimum Gasteiger partial charge on any atom is -0.624 e. The summed E-state index contributed by atoms with van der Waals surface area (Å²) in [5.74, 6) is -0.172. The Hall–Kier alpha value is -1.35. The first kappa shape index (κ1) is 12.7. The van der Waals surface area contributed by atoms with Crippen molar-refractivity contribution in [2.75, 3.05) is 0 Å². The average Bonchev–Trinajstić information content (AvgIpc) is 2.17. The molecule has 3 heteroatoms. The lowest BCUT2D eigenvalue weighted by molar-refractivity contribution is -0.473.